The molecule has 30 heavy (non-hydrogen) atoms. The summed E-state index contributed by atoms with van der Waals surface area (Å²) >= 11 is 5.94. The van der Waals surface area contributed by atoms with Crippen LogP contribution in [-0.4, -0.2) is 26.2 Å². The van der Waals surface area contributed by atoms with Gasteiger partial charge in [0.15, 0.2) is 5.15 Å². The fourth-order valence-electron chi connectivity index (χ4n) is 3.06. The van der Waals surface area contributed by atoms with Gasteiger partial charge in [0.2, 0.25) is 0 Å². The van der Waals surface area contributed by atoms with Crippen molar-refractivity contribution in [2.45, 2.75) is 39.5 Å². The predicted octanol–water partition coefficient (Wildman–Crippen LogP) is 4.51. The summed E-state index contributed by atoms with van der Waals surface area (Å²) in [5, 5.41) is 10.0. The first-order chi connectivity index (χ1) is 14.1. The number of aromatic nitrogens is 2. The molecule has 0 amide bonds. The third-order valence-electron chi connectivity index (χ3n) is 4.44. The Balaban J connectivity index is 1.95. The number of halogens is 2. The van der Waals surface area contributed by atoms with Gasteiger partial charge in [-0.05, 0) is 44.0 Å². The number of esters is 1. The molecule has 0 spiro atoms. The van der Waals surface area contributed by atoms with Crippen molar-refractivity contribution in [3.05, 3.63) is 70.3 Å². The summed E-state index contributed by atoms with van der Waals surface area (Å²) < 4.78 is 21.7. The number of ether oxygens (including phenoxy) is 1. The Bertz CT molecular complexity index is 1090. The lowest BCUT2D eigenvalue weighted by Gasteiger charge is -2.20. The number of hydrogen-bond acceptors (Lipinski definition) is 5. The van der Waals surface area contributed by atoms with E-state index in [1.54, 1.807) is 57.2 Å². The number of carbonyl (C=O) groups excluding carboxylic acids is 1. The van der Waals surface area contributed by atoms with Crippen molar-refractivity contribution in [3.63, 3.8) is 0 Å². The zero-order valence-electron chi connectivity index (χ0n) is 16.9. The Morgan fingerprint density at radius 2 is 1.97 bits per heavy atom. The van der Waals surface area contributed by atoms with Crippen LogP contribution in [0.5, 0.6) is 6.01 Å². The largest absolute Gasteiger partial charge is 0.480 e. The minimum absolute atomic E-state index is 0.0118. The van der Waals surface area contributed by atoms with Gasteiger partial charge >= 0.3 is 5.97 Å². The fraction of sp³-hybridized carbons (Fsp3) is 0.273. The Labute approximate surface area is 179 Å². The van der Waals surface area contributed by atoms with Crippen molar-refractivity contribution >= 4 is 17.6 Å². The molecule has 0 atom stereocenters. The van der Waals surface area contributed by atoms with Crippen molar-refractivity contribution in [1.82, 2.24) is 9.55 Å². The highest BCUT2D eigenvalue weighted by Crippen LogP contribution is 2.29. The highest BCUT2D eigenvalue weighted by molar-refractivity contribution is 6.30. The minimum atomic E-state index is -0.645. The third kappa shape index (κ3) is 4.63. The first-order valence-electron chi connectivity index (χ1n) is 9.36. The van der Waals surface area contributed by atoms with Gasteiger partial charge in [-0.2, -0.15) is 4.98 Å². The quantitative estimate of drug-likeness (QED) is 0.580. The van der Waals surface area contributed by atoms with Gasteiger partial charge in [-0.3, -0.25) is 4.57 Å². The van der Waals surface area contributed by atoms with Gasteiger partial charge in [0, 0.05) is 12.1 Å². The third-order valence-corrected chi connectivity index (χ3v) is 4.74. The second-order valence-corrected chi connectivity index (χ2v) is 8.15. The molecule has 3 N–H and O–H groups in total. The van der Waals surface area contributed by atoms with Crippen LogP contribution in [-0.2, 0) is 17.8 Å². The van der Waals surface area contributed by atoms with Crippen LogP contribution in [0, 0.1) is 5.82 Å². The van der Waals surface area contributed by atoms with Crippen molar-refractivity contribution < 1.29 is 19.0 Å². The second-order valence-electron chi connectivity index (χ2n) is 7.79. The van der Waals surface area contributed by atoms with E-state index < -0.39 is 17.4 Å². The lowest BCUT2D eigenvalue weighted by molar-refractivity contribution is 0.00704. The summed E-state index contributed by atoms with van der Waals surface area (Å²) in [5.74, 6) is -0.980. The number of benzene rings is 2. The Kier molecular flexibility index (Phi) is 6.14. The average Bonchev–Trinajstić information content (AvgIpc) is 2.94. The van der Waals surface area contributed by atoms with Crippen molar-refractivity contribution in [2.24, 2.45) is 5.73 Å². The average molecular weight is 432 g/mol. The molecule has 0 aliphatic heterocycles. The minimum Gasteiger partial charge on any atom is -0.480 e. The van der Waals surface area contributed by atoms with Crippen molar-refractivity contribution in [3.8, 4) is 17.1 Å². The van der Waals surface area contributed by atoms with E-state index in [0.29, 0.717) is 27.9 Å². The first kappa shape index (κ1) is 21.8. The number of nitrogens with zero attached hydrogens (tertiary/aromatic N) is 2. The van der Waals surface area contributed by atoms with Gasteiger partial charge in [0.25, 0.3) is 6.01 Å². The van der Waals surface area contributed by atoms with Crippen LogP contribution in [0.3, 0.4) is 0 Å². The zero-order valence-corrected chi connectivity index (χ0v) is 17.7. The normalized spacial score (nSPS) is 11.5. The van der Waals surface area contributed by atoms with Crippen LogP contribution < -0.4 is 5.73 Å². The highest BCUT2D eigenvalue weighted by Gasteiger charge is 2.21. The van der Waals surface area contributed by atoms with Gasteiger partial charge in [-0.15, -0.1) is 0 Å². The molecule has 3 rings (SSSR count). The standard InChI is InChI=1S/C22H23ClFN3O3/c1-22(2,3)30-20(28)16-7-5-4-6-15(16)13-8-9-14(17(24)10-13)12-27-18(11-25)19(23)26-21(27)29/h4-10H,11-12,25H2,1-3H3,(H,26,29). The summed E-state index contributed by atoms with van der Waals surface area (Å²) in [7, 11) is 0. The molecule has 6 nitrogen and oxygen atoms in total. The van der Waals surface area contributed by atoms with Crippen LogP contribution in [0.2, 0.25) is 5.15 Å². The number of hydrogen-bond donors (Lipinski definition) is 2. The molecule has 0 saturated heterocycles. The molecule has 2 aromatic carbocycles. The van der Waals surface area contributed by atoms with Gasteiger partial charge in [-0.1, -0.05) is 41.9 Å². The fourth-order valence-corrected chi connectivity index (χ4v) is 3.32. The number of carbonyl (C=O) groups is 1. The molecule has 0 aliphatic rings. The molecule has 0 bridgehead atoms. The van der Waals surface area contributed by atoms with Crippen LogP contribution in [0.4, 0.5) is 4.39 Å². The molecule has 1 heterocycles. The van der Waals surface area contributed by atoms with E-state index in [4.69, 9.17) is 22.1 Å². The van der Waals surface area contributed by atoms with E-state index in [1.165, 1.54) is 10.6 Å². The molecular weight excluding hydrogens is 409 g/mol. The topological polar surface area (TPSA) is 90.4 Å². The molecule has 0 fully saturated rings. The summed E-state index contributed by atoms with van der Waals surface area (Å²) in [6.07, 6.45) is 0. The molecule has 3 aromatic rings. The molecule has 0 saturated carbocycles. The second kappa shape index (κ2) is 8.45. The van der Waals surface area contributed by atoms with Crippen molar-refractivity contribution in [2.75, 3.05) is 0 Å². The smallest absolute Gasteiger partial charge is 0.339 e. The van der Waals surface area contributed by atoms with E-state index in [9.17, 15) is 14.3 Å². The molecule has 0 aliphatic carbocycles. The summed E-state index contributed by atoms with van der Waals surface area (Å²) in [6, 6.07) is 11.2. The first-order valence-corrected chi connectivity index (χ1v) is 9.73. The number of imidazole rings is 1. The maximum atomic E-state index is 14.9. The van der Waals surface area contributed by atoms with Gasteiger partial charge in [0.1, 0.15) is 11.4 Å². The molecule has 1 aromatic heterocycles. The van der Waals surface area contributed by atoms with Crippen LogP contribution in [0.1, 0.15) is 42.4 Å². The van der Waals surface area contributed by atoms with Gasteiger partial charge in [-0.25, -0.2) is 9.18 Å². The highest BCUT2D eigenvalue weighted by atomic mass is 35.5. The van der Waals surface area contributed by atoms with Crippen molar-refractivity contribution in [1.29, 1.82) is 0 Å². The Morgan fingerprint density at radius 1 is 1.27 bits per heavy atom. The van der Waals surface area contributed by atoms with Crippen LogP contribution in [0.15, 0.2) is 42.5 Å². The summed E-state index contributed by atoms with van der Waals surface area (Å²) in [5.41, 5.74) is 7.18. The molecule has 158 valence electrons. The van der Waals surface area contributed by atoms with E-state index in [0.717, 1.165) is 0 Å². The maximum Gasteiger partial charge on any atom is 0.339 e. The van der Waals surface area contributed by atoms with Gasteiger partial charge < -0.3 is 15.6 Å². The molecular formula is C22H23ClFN3O3. The van der Waals surface area contributed by atoms with Crippen LogP contribution >= 0.6 is 11.6 Å². The lowest BCUT2D eigenvalue weighted by atomic mass is 9.98. The molecule has 0 radical (unpaired) electrons. The zero-order chi connectivity index (χ0) is 22.1. The summed E-state index contributed by atoms with van der Waals surface area (Å²) in [4.78, 5) is 16.3. The number of aromatic hydroxyl groups is 1. The predicted molar refractivity (Wildman–Crippen MR) is 113 cm³/mol. The van der Waals surface area contributed by atoms with E-state index >= 15 is 0 Å². The van der Waals surface area contributed by atoms with Gasteiger partial charge in [0.05, 0.1) is 17.8 Å². The summed E-state index contributed by atoms with van der Waals surface area (Å²) in [6.45, 7) is 5.42. The van der Waals surface area contributed by atoms with Crippen LogP contribution in [0.25, 0.3) is 11.1 Å². The Morgan fingerprint density at radius 3 is 2.60 bits per heavy atom. The van der Waals surface area contributed by atoms with E-state index in [2.05, 4.69) is 4.98 Å². The lowest BCUT2D eigenvalue weighted by Crippen LogP contribution is -2.24. The molecule has 8 heteroatoms. The Hall–Kier alpha value is -2.90. The molecule has 0 unspecified atom stereocenters. The monoisotopic (exact) mass is 431 g/mol. The van der Waals surface area contributed by atoms with E-state index in [1.807, 2.05) is 0 Å². The SMILES string of the molecule is CC(C)(C)OC(=O)c1ccccc1-c1ccc(Cn2c(O)nc(Cl)c2CN)c(F)c1. The number of rotatable bonds is 5. The van der Waals surface area contributed by atoms with E-state index in [-0.39, 0.29) is 24.3 Å². The maximum absolute atomic E-state index is 14.9. The number of nitrogens with two attached hydrogens (primary N) is 1.